The van der Waals surface area contributed by atoms with Crippen LogP contribution in [0.4, 0.5) is 0 Å². The Kier molecular flexibility index (Phi) is 4.82. The van der Waals surface area contributed by atoms with Gasteiger partial charge in [0.2, 0.25) is 0 Å². The van der Waals surface area contributed by atoms with Crippen molar-refractivity contribution in [2.45, 2.75) is 59.8 Å². The van der Waals surface area contributed by atoms with E-state index in [2.05, 4.69) is 27.7 Å². The van der Waals surface area contributed by atoms with Crippen molar-refractivity contribution in [3.05, 3.63) is 0 Å². The highest BCUT2D eigenvalue weighted by atomic mass is 16.1. The summed E-state index contributed by atoms with van der Waals surface area (Å²) in [5, 5.41) is 0. The largest absolute Gasteiger partial charge is 0.299 e. The maximum absolute atomic E-state index is 12.1. The van der Waals surface area contributed by atoms with Crippen molar-refractivity contribution >= 4 is 5.78 Å². The number of ketones is 1. The van der Waals surface area contributed by atoms with Gasteiger partial charge in [0.05, 0.1) is 0 Å². The zero-order valence-electron chi connectivity index (χ0n) is 10.8. The van der Waals surface area contributed by atoms with Crippen LogP contribution in [0, 0.1) is 23.7 Å². The predicted octanol–water partition coefficient (Wildman–Crippen LogP) is 4.06. The summed E-state index contributed by atoms with van der Waals surface area (Å²) < 4.78 is 0. The van der Waals surface area contributed by atoms with Crippen molar-refractivity contribution in [2.24, 2.45) is 23.7 Å². The second-order valence-electron chi connectivity index (χ2n) is 5.65. The third-order valence-electron chi connectivity index (χ3n) is 3.93. The molecular weight excluding hydrogens is 184 g/mol. The first kappa shape index (κ1) is 12.7. The number of carbonyl (C=O) groups is 1. The Morgan fingerprint density at radius 3 is 2.53 bits per heavy atom. The Balaban J connectivity index is 2.65. The molecule has 0 heterocycles. The Hall–Kier alpha value is -0.330. The summed E-state index contributed by atoms with van der Waals surface area (Å²) in [5.74, 6) is 2.98. The summed E-state index contributed by atoms with van der Waals surface area (Å²) in [7, 11) is 0. The Morgan fingerprint density at radius 1 is 1.33 bits per heavy atom. The second kappa shape index (κ2) is 5.67. The van der Waals surface area contributed by atoms with Crippen molar-refractivity contribution in [1.29, 1.82) is 0 Å². The van der Waals surface area contributed by atoms with Gasteiger partial charge in [-0.25, -0.2) is 0 Å². The van der Waals surface area contributed by atoms with Gasteiger partial charge < -0.3 is 0 Å². The number of hydrogen-bond acceptors (Lipinski definition) is 1. The van der Waals surface area contributed by atoms with E-state index in [9.17, 15) is 4.79 Å². The van der Waals surface area contributed by atoms with Crippen molar-refractivity contribution < 1.29 is 4.79 Å². The van der Waals surface area contributed by atoms with Crippen LogP contribution in [-0.2, 0) is 4.79 Å². The highest BCUT2D eigenvalue weighted by molar-refractivity contribution is 5.81. The molecule has 0 aromatic heterocycles. The molecule has 0 aromatic rings. The van der Waals surface area contributed by atoms with Gasteiger partial charge in [0.1, 0.15) is 5.78 Å². The number of rotatable bonds is 4. The molecule has 1 fully saturated rings. The Labute approximate surface area is 94.6 Å². The minimum atomic E-state index is 0.369. The lowest BCUT2D eigenvalue weighted by Gasteiger charge is -2.36. The monoisotopic (exact) mass is 210 g/mol. The van der Waals surface area contributed by atoms with Gasteiger partial charge in [-0.05, 0) is 37.0 Å². The lowest BCUT2D eigenvalue weighted by molar-refractivity contribution is -0.127. The molecule has 0 spiro atoms. The number of carbonyl (C=O) groups excluding carboxylic acids is 1. The molecule has 0 radical (unpaired) electrons. The van der Waals surface area contributed by atoms with Crippen LogP contribution in [0.15, 0.2) is 0 Å². The molecule has 3 unspecified atom stereocenters. The van der Waals surface area contributed by atoms with Crippen molar-refractivity contribution in [2.75, 3.05) is 0 Å². The molecule has 0 amide bonds. The topological polar surface area (TPSA) is 17.1 Å². The van der Waals surface area contributed by atoms with Gasteiger partial charge in [-0.1, -0.05) is 34.1 Å². The molecule has 0 saturated heterocycles. The molecule has 1 saturated carbocycles. The van der Waals surface area contributed by atoms with Crippen molar-refractivity contribution in [1.82, 2.24) is 0 Å². The quantitative estimate of drug-likeness (QED) is 0.683. The van der Waals surface area contributed by atoms with E-state index in [1.54, 1.807) is 0 Å². The van der Waals surface area contributed by atoms with E-state index >= 15 is 0 Å². The van der Waals surface area contributed by atoms with E-state index < -0.39 is 0 Å². The summed E-state index contributed by atoms with van der Waals surface area (Å²) in [6, 6.07) is 0. The summed E-state index contributed by atoms with van der Waals surface area (Å²) in [5.41, 5.74) is 0. The van der Waals surface area contributed by atoms with E-state index in [4.69, 9.17) is 0 Å². The minimum absolute atomic E-state index is 0.369. The lowest BCUT2D eigenvalue weighted by Crippen LogP contribution is -2.33. The van der Waals surface area contributed by atoms with E-state index in [-0.39, 0.29) is 0 Å². The molecule has 0 aliphatic heterocycles. The van der Waals surface area contributed by atoms with Gasteiger partial charge in [0.15, 0.2) is 0 Å². The molecule has 15 heavy (non-hydrogen) atoms. The fraction of sp³-hybridized carbons (Fsp3) is 0.929. The van der Waals surface area contributed by atoms with Gasteiger partial charge in [-0.3, -0.25) is 4.79 Å². The Morgan fingerprint density at radius 2 is 2.00 bits per heavy atom. The van der Waals surface area contributed by atoms with Crippen LogP contribution in [-0.4, -0.2) is 5.78 Å². The van der Waals surface area contributed by atoms with Gasteiger partial charge in [-0.2, -0.15) is 0 Å². The summed E-state index contributed by atoms with van der Waals surface area (Å²) in [6.45, 7) is 8.94. The number of hydrogen-bond donors (Lipinski definition) is 0. The highest BCUT2D eigenvalue weighted by Gasteiger charge is 2.34. The molecule has 0 aromatic carbocycles. The van der Waals surface area contributed by atoms with Gasteiger partial charge in [-0.15, -0.1) is 0 Å². The molecule has 0 N–H and O–H groups in total. The summed E-state index contributed by atoms with van der Waals surface area (Å²) >= 11 is 0. The van der Waals surface area contributed by atoms with E-state index in [1.807, 2.05) is 0 Å². The molecular formula is C14H26O. The first-order valence-electron chi connectivity index (χ1n) is 6.59. The van der Waals surface area contributed by atoms with Gasteiger partial charge in [0, 0.05) is 12.3 Å². The fourth-order valence-electron chi connectivity index (χ4n) is 3.00. The zero-order valence-corrected chi connectivity index (χ0v) is 10.8. The zero-order chi connectivity index (χ0) is 11.4. The summed E-state index contributed by atoms with van der Waals surface area (Å²) in [4.78, 5) is 12.1. The van der Waals surface area contributed by atoms with Crippen molar-refractivity contribution in [3.8, 4) is 0 Å². The standard InChI is InChI=1S/C14H26O/c1-5-6-14(15)13-9-11(4)7-8-12(13)10(2)3/h10-13H,5-9H2,1-4H3. The SMILES string of the molecule is CCCC(=O)C1CC(C)CCC1C(C)C. The van der Waals surface area contributed by atoms with Gasteiger partial charge in [0.25, 0.3) is 0 Å². The van der Waals surface area contributed by atoms with Gasteiger partial charge >= 0.3 is 0 Å². The highest BCUT2D eigenvalue weighted by Crippen LogP contribution is 2.38. The van der Waals surface area contributed by atoms with E-state index in [0.29, 0.717) is 23.5 Å². The minimum Gasteiger partial charge on any atom is -0.299 e. The average molecular weight is 210 g/mol. The molecule has 1 aliphatic carbocycles. The van der Waals surface area contributed by atoms with Crippen LogP contribution in [0.5, 0.6) is 0 Å². The third-order valence-corrected chi connectivity index (χ3v) is 3.93. The first-order valence-corrected chi connectivity index (χ1v) is 6.59. The molecule has 3 atom stereocenters. The molecule has 88 valence electrons. The van der Waals surface area contributed by atoms with Crippen molar-refractivity contribution in [3.63, 3.8) is 0 Å². The van der Waals surface area contributed by atoms with Crippen LogP contribution >= 0.6 is 0 Å². The normalized spacial score (nSPS) is 31.9. The van der Waals surface area contributed by atoms with Crippen LogP contribution in [0.1, 0.15) is 59.8 Å². The molecule has 0 bridgehead atoms. The molecule has 1 heteroatoms. The summed E-state index contributed by atoms with van der Waals surface area (Å²) in [6.07, 6.45) is 5.52. The first-order chi connectivity index (χ1) is 7.06. The Bertz CT molecular complexity index is 207. The molecule has 1 nitrogen and oxygen atoms in total. The molecule has 1 aliphatic rings. The fourth-order valence-corrected chi connectivity index (χ4v) is 3.00. The molecule has 1 rings (SSSR count). The lowest BCUT2D eigenvalue weighted by atomic mass is 9.68. The smallest absolute Gasteiger partial charge is 0.136 e. The average Bonchev–Trinajstić information content (AvgIpc) is 2.17. The maximum atomic E-state index is 12.1. The van der Waals surface area contributed by atoms with Crippen LogP contribution < -0.4 is 0 Å². The van der Waals surface area contributed by atoms with E-state index in [1.165, 1.54) is 12.8 Å². The van der Waals surface area contributed by atoms with E-state index in [0.717, 1.165) is 25.2 Å². The third kappa shape index (κ3) is 3.32. The maximum Gasteiger partial charge on any atom is 0.136 e. The van der Waals surface area contributed by atoms with Crippen LogP contribution in [0.3, 0.4) is 0 Å². The predicted molar refractivity (Wildman–Crippen MR) is 64.7 cm³/mol. The second-order valence-corrected chi connectivity index (χ2v) is 5.65. The number of Topliss-reactive ketones (excluding diaryl/α,β-unsaturated/α-hetero) is 1. The van der Waals surface area contributed by atoms with Crippen LogP contribution in [0.25, 0.3) is 0 Å². The van der Waals surface area contributed by atoms with Crippen LogP contribution in [0.2, 0.25) is 0 Å².